The summed E-state index contributed by atoms with van der Waals surface area (Å²) in [6, 6.07) is 2.05. The van der Waals surface area contributed by atoms with Crippen molar-refractivity contribution in [2.45, 2.75) is 39.2 Å². The number of rotatable bonds is 4. The molecule has 0 aromatic carbocycles. The number of aromatic nitrogens is 4. The largest absolute Gasteiger partial charge is 0.346 e. The minimum absolute atomic E-state index is 0.192. The molecule has 0 bridgehead atoms. The third-order valence-electron chi connectivity index (χ3n) is 4.10. The smallest absolute Gasteiger partial charge is 0.291 e. The van der Waals surface area contributed by atoms with Gasteiger partial charge in [-0.25, -0.2) is 9.50 Å². The highest BCUT2D eigenvalue weighted by Gasteiger charge is 2.22. The van der Waals surface area contributed by atoms with Crippen LogP contribution in [0, 0.1) is 6.92 Å². The number of nitrogens with zero attached hydrogens (tertiary/aromatic N) is 5. The summed E-state index contributed by atoms with van der Waals surface area (Å²) in [5.41, 5.74) is 0.907. The molecule has 0 spiro atoms. The molecule has 1 aliphatic heterocycles. The first-order valence-electron chi connectivity index (χ1n) is 7.89. The number of piperidine rings is 1. The van der Waals surface area contributed by atoms with E-state index in [0.717, 1.165) is 38.2 Å². The van der Waals surface area contributed by atoms with Crippen LogP contribution in [0.25, 0.3) is 5.78 Å². The van der Waals surface area contributed by atoms with Crippen LogP contribution in [0.5, 0.6) is 0 Å². The van der Waals surface area contributed by atoms with Crippen molar-refractivity contribution in [1.29, 1.82) is 0 Å². The van der Waals surface area contributed by atoms with Gasteiger partial charge in [-0.2, -0.15) is 4.98 Å². The molecule has 1 amide bonds. The Bertz CT molecular complexity index is 659. The fourth-order valence-corrected chi connectivity index (χ4v) is 2.87. The average Bonchev–Trinajstić information content (AvgIpc) is 2.95. The van der Waals surface area contributed by atoms with Gasteiger partial charge in [0, 0.05) is 31.0 Å². The van der Waals surface area contributed by atoms with E-state index in [-0.39, 0.29) is 17.8 Å². The van der Waals surface area contributed by atoms with Gasteiger partial charge in [0.2, 0.25) is 5.82 Å². The normalized spacial score (nSPS) is 17.0. The summed E-state index contributed by atoms with van der Waals surface area (Å²) in [7, 11) is 0. The molecule has 0 unspecified atom stereocenters. The molecule has 2 aromatic heterocycles. The molecule has 0 atom stereocenters. The van der Waals surface area contributed by atoms with Crippen LogP contribution in [0.15, 0.2) is 12.3 Å². The Morgan fingerprint density at radius 1 is 1.41 bits per heavy atom. The summed E-state index contributed by atoms with van der Waals surface area (Å²) in [6.07, 6.45) is 4.81. The van der Waals surface area contributed by atoms with Gasteiger partial charge in [0.05, 0.1) is 0 Å². The zero-order chi connectivity index (χ0) is 15.5. The number of hydrogen-bond donors (Lipinski definition) is 1. The Kier molecular flexibility index (Phi) is 4.33. The lowest BCUT2D eigenvalue weighted by molar-refractivity contribution is 0.0901. The average molecular weight is 302 g/mol. The summed E-state index contributed by atoms with van der Waals surface area (Å²) >= 11 is 0. The lowest BCUT2D eigenvalue weighted by Crippen LogP contribution is -2.45. The minimum atomic E-state index is -0.209. The van der Waals surface area contributed by atoms with Gasteiger partial charge in [0.15, 0.2) is 0 Å². The Labute approximate surface area is 129 Å². The van der Waals surface area contributed by atoms with Gasteiger partial charge in [-0.15, -0.1) is 5.10 Å². The molecule has 7 heteroatoms. The van der Waals surface area contributed by atoms with Gasteiger partial charge in [0.1, 0.15) is 0 Å². The minimum Gasteiger partial charge on any atom is -0.346 e. The summed E-state index contributed by atoms with van der Waals surface area (Å²) in [5, 5.41) is 7.29. The Hall–Kier alpha value is -2.02. The molecular formula is C15H22N6O. The van der Waals surface area contributed by atoms with Gasteiger partial charge < -0.3 is 10.2 Å². The summed E-state index contributed by atoms with van der Waals surface area (Å²) < 4.78 is 1.60. The van der Waals surface area contributed by atoms with Crippen molar-refractivity contribution in [3.63, 3.8) is 0 Å². The molecule has 3 rings (SSSR count). The number of aryl methyl sites for hydroxylation is 1. The Morgan fingerprint density at radius 3 is 2.86 bits per heavy atom. The Morgan fingerprint density at radius 2 is 2.18 bits per heavy atom. The molecule has 1 N–H and O–H groups in total. The molecule has 1 fully saturated rings. The van der Waals surface area contributed by atoms with Crippen LogP contribution in [-0.4, -0.2) is 56.1 Å². The van der Waals surface area contributed by atoms with Crippen molar-refractivity contribution in [2.24, 2.45) is 0 Å². The SMILES string of the molecule is CCCN1CCC(NC(=O)c2nc3nccc(C)n3n2)CC1. The van der Waals surface area contributed by atoms with Crippen molar-refractivity contribution in [3.05, 3.63) is 23.8 Å². The van der Waals surface area contributed by atoms with Gasteiger partial charge in [-0.1, -0.05) is 6.92 Å². The maximum atomic E-state index is 12.3. The zero-order valence-electron chi connectivity index (χ0n) is 13.1. The summed E-state index contributed by atoms with van der Waals surface area (Å²) in [6.45, 7) is 7.32. The molecule has 1 saturated heterocycles. The van der Waals surface area contributed by atoms with Crippen LogP contribution in [0.2, 0.25) is 0 Å². The molecule has 0 saturated carbocycles. The molecule has 0 aliphatic carbocycles. The number of nitrogens with one attached hydrogen (secondary N) is 1. The lowest BCUT2D eigenvalue weighted by Gasteiger charge is -2.31. The van der Waals surface area contributed by atoms with Crippen molar-refractivity contribution < 1.29 is 4.79 Å². The highest BCUT2D eigenvalue weighted by molar-refractivity contribution is 5.91. The van der Waals surface area contributed by atoms with Crippen molar-refractivity contribution in [3.8, 4) is 0 Å². The quantitative estimate of drug-likeness (QED) is 0.913. The fourth-order valence-electron chi connectivity index (χ4n) is 2.87. The molecule has 2 aromatic rings. The third-order valence-corrected chi connectivity index (χ3v) is 4.10. The topological polar surface area (TPSA) is 75.4 Å². The maximum absolute atomic E-state index is 12.3. The van der Waals surface area contributed by atoms with Gasteiger partial charge in [0.25, 0.3) is 11.7 Å². The second-order valence-electron chi connectivity index (χ2n) is 5.82. The van der Waals surface area contributed by atoms with Gasteiger partial charge >= 0.3 is 0 Å². The number of amides is 1. The summed E-state index contributed by atoms with van der Waals surface area (Å²) in [4.78, 5) is 23.1. The molecule has 22 heavy (non-hydrogen) atoms. The van der Waals surface area contributed by atoms with E-state index in [9.17, 15) is 4.79 Å². The van der Waals surface area contributed by atoms with Crippen molar-refractivity contribution in [1.82, 2.24) is 29.8 Å². The van der Waals surface area contributed by atoms with E-state index in [0.29, 0.717) is 5.78 Å². The predicted molar refractivity (Wildman–Crippen MR) is 82.7 cm³/mol. The number of carbonyl (C=O) groups is 1. The number of likely N-dealkylation sites (tertiary alicyclic amines) is 1. The second-order valence-corrected chi connectivity index (χ2v) is 5.82. The monoisotopic (exact) mass is 302 g/mol. The van der Waals surface area contributed by atoms with E-state index >= 15 is 0 Å². The zero-order valence-corrected chi connectivity index (χ0v) is 13.1. The van der Waals surface area contributed by atoms with Crippen LogP contribution in [0.1, 0.15) is 42.5 Å². The van der Waals surface area contributed by atoms with E-state index in [4.69, 9.17) is 0 Å². The summed E-state index contributed by atoms with van der Waals surface area (Å²) in [5.74, 6) is 0.444. The van der Waals surface area contributed by atoms with E-state index < -0.39 is 0 Å². The molecule has 7 nitrogen and oxygen atoms in total. The van der Waals surface area contributed by atoms with Crippen molar-refractivity contribution in [2.75, 3.05) is 19.6 Å². The van der Waals surface area contributed by atoms with E-state index in [2.05, 4.69) is 32.2 Å². The van der Waals surface area contributed by atoms with Crippen LogP contribution in [0.4, 0.5) is 0 Å². The van der Waals surface area contributed by atoms with E-state index in [1.807, 2.05) is 13.0 Å². The first-order valence-corrected chi connectivity index (χ1v) is 7.89. The Balaban J connectivity index is 1.63. The first kappa shape index (κ1) is 14.9. The number of carbonyl (C=O) groups excluding carboxylic acids is 1. The molecular weight excluding hydrogens is 280 g/mol. The highest BCUT2D eigenvalue weighted by Crippen LogP contribution is 2.11. The van der Waals surface area contributed by atoms with E-state index in [1.54, 1.807) is 10.7 Å². The highest BCUT2D eigenvalue weighted by atomic mass is 16.2. The maximum Gasteiger partial charge on any atom is 0.291 e. The third kappa shape index (κ3) is 3.09. The van der Waals surface area contributed by atoms with Crippen LogP contribution >= 0.6 is 0 Å². The molecule has 3 heterocycles. The van der Waals surface area contributed by atoms with Crippen LogP contribution < -0.4 is 5.32 Å². The molecule has 1 aliphatic rings. The lowest BCUT2D eigenvalue weighted by atomic mass is 10.0. The second kappa shape index (κ2) is 6.39. The number of fused-ring (bicyclic) bond motifs is 1. The first-order chi connectivity index (χ1) is 10.7. The van der Waals surface area contributed by atoms with Gasteiger partial charge in [-0.3, -0.25) is 4.79 Å². The van der Waals surface area contributed by atoms with E-state index in [1.165, 1.54) is 6.42 Å². The molecule has 118 valence electrons. The van der Waals surface area contributed by atoms with Crippen LogP contribution in [-0.2, 0) is 0 Å². The fraction of sp³-hybridized carbons (Fsp3) is 0.600. The number of hydrogen-bond acceptors (Lipinski definition) is 5. The van der Waals surface area contributed by atoms with Gasteiger partial charge in [-0.05, 0) is 38.8 Å². The molecule has 0 radical (unpaired) electrons. The van der Waals surface area contributed by atoms with Crippen LogP contribution in [0.3, 0.4) is 0 Å². The van der Waals surface area contributed by atoms with Crippen molar-refractivity contribution >= 4 is 11.7 Å². The predicted octanol–water partition coefficient (Wildman–Crippen LogP) is 1.04. The standard InChI is InChI=1S/C15H22N6O/c1-3-8-20-9-5-12(6-10-20)17-14(22)13-18-15-16-7-4-11(2)21(15)19-13/h4,7,12H,3,5-6,8-10H2,1-2H3,(H,17,22).